The molecule has 0 radical (unpaired) electrons. The number of hydrogen-bond donors (Lipinski definition) is 1. The van der Waals surface area contributed by atoms with Crippen LogP contribution in [0.25, 0.3) is 0 Å². The van der Waals surface area contributed by atoms with Gasteiger partial charge in [0.05, 0.1) is 7.11 Å². The third kappa shape index (κ3) is 4.48. The lowest BCUT2D eigenvalue weighted by atomic mass is 9.78. The van der Waals surface area contributed by atoms with E-state index < -0.39 is 0 Å². The van der Waals surface area contributed by atoms with Crippen LogP contribution in [-0.2, 0) is 26.8 Å². The van der Waals surface area contributed by atoms with E-state index in [1.54, 1.807) is 0 Å². The highest BCUT2D eigenvalue weighted by Crippen LogP contribution is 2.38. The first kappa shape index (κ1) is 17.5. The largest absolute Gasteiger partial charge is 0.507 e. The summed E-state index contributed by atoms with van der Waals surface area (Å²) in [6.45, 7) is 12.7. The summed E-state index contributed by atoms with van der Waals surface area (Å²) in [5, 5.41) is 10.5. The van der Waals surface area contributed by atoms with Crippen LogP contribution in [0.4, 0.5) is 0 Å². The molecule has 118 valence electrons. The Labute approximate surface area is 128 Å². The van der Waals surface area contributed by atoms with Crippen LogP contribution in [-0.4, -0.2) is 18.2 Å². The van der Waals surface area contributed by atoms with Crippen molar-refractivity contribution in [2.24, 2.45) is 0 Å². The number of carbonyl (C=O) groups excluding carboxylic acids is 1. The van der Waals surface area contributed by atoms with Gasteiger partial charge >= 0.3 is 5.97 Å². The van der Waals surface area contributed by atoms with Crippen LogP contribution in [0.2, 0.25) is 0 Å². The molecule has 21 heavy (non-hydrogen) atoms. The normalized spacial score (nSPS) is 12.3. The van der Waals surface area contributed by atoms with E-state index in [1.165, 1.54) is 12.7 Å². The van der Waals surface area contributed by atoms with Gasteiger partial charge < -0.3 is 9.84 Å². The van der Waals surface area contributed by atoms with Crippen LogP contribution in [0.5, 0.6) is 5.75 Å². The molecule has 0 aliphatic heterocycles. The van der Waals surface area contributed by atoms with Crippen LogP contribution < -0.4 is 0 Å². The topological polar surface area (TPSA) is 46.5 Å². The average Bonchev–Trinajstić information content (AvgIpc) is 2.34. The van der Waals surface area contributed by atoms with Crippen LogP contribution >= 0.6 is 0 Å². The highest BCUT2D eigenvalue weighted by atomic mass is 16.5. The van der Waals surface area contributed by atoms with Gasteiger partial charge in [0.1, 0.15) is 5.75 Å². The molecule has 0 aliphatic rings. The van der Waals surface area contributed by atoms with Gasteiger partial charge in [-0.1, -0.05) is 53.7 Å². The van der Waals surface area contributed by atoms with Gasteiger partial charge in [0, 0.05) is 6.42 Å². The number of hydrogen-bond acceptors (Lipinski definition) is 3. The molecule has 1 aromatic carbocycles. The summed E-state index contributed by atoms with van der Waals surface area (Å²) in [6.07, 6.45) is 0.771. The fourth-order valence-corrected chi connectivity index (χ4v) is 2.23. The fraction of sp³-hybridized carbons (Fsp3) is 0.611. The molecule has 0 saturated carbocycles. The smallest absolute Gasteiger partial charge is 0.305 e. The molecule has 0 bridgehead atoms. The molecule has 0 aliphatic carbocycles. The van der Waals surface area contributed by atoms with E-state index in [4.69, 9.17) is 0 Å². The molecule has 0 saturated heterocycles. The molecule has 0 aromatic heterocycles. The highest BCUT2D eigenvalue weighted by molar-refractivity contribution is 5.69. The van der Waals surface area contributed by atoms with Crippen LogP contribution in [0.1, 0.15) is 64.7 Å². The zero-order valence-electron chi connectivity index (χ0n) is 14.3. The van der Waals surface area contributed by atoms with Gasteiger partial charge in [0.2, 0.25) is 0 Å². The molecule has 0 atom stereocenters. The van der Waals surface area contributed by atoms with E-state index in [-0.39, 0.29) is 23.2 Å². The Balaban J connectivity index is 3.32. The van der Waals surface area contributed by atoms with Crippen molar-refractivity contribution in [3.8, 4) is 5.75 Å². The summed E-state index contributed by atoms with van der Waals surface area (Å²) < 4.78 is 4.69. The molecule has 0 fully saturated rings. The van der Waals surface area contributed by atoms with Gasteiger partial charge in [-0.2, -0.15) is 0 Å². The third-order valence-electron chi connectivity index (χ3n) is 3.69. The lowest BCUT2D eigenvalue weighted by Crippen LogP contribution is -2.17. The second-order valence-electron chi connectivity index (χ2n) is 7.61. The number of phenolic OH excluding ortho intramolecular Hbond substituents is 1. The molecule has 0 heterocycles. The van der Waals surface area contributed by atoms with E-state index in [0.29, 0.717) is 12.2 Å². The SMILES string of the molecule is COC(=O)CCc1cc(C(C)(C)C)cc(C(C)(C)C)c1O. The third-order valence-corrected chi connectivity index (χ3v) is 3.69. The maximum absolute atomic E-state index is 11.4. The molecule has 1 aromatic rings. The first-order valence-corrected chi connectivity index (χ1v) is 7.40. The molecule has 1 N–H and O–H groups in total. The Bertz CT molecular complexity index is 516. The Morgan fingerprint density at radius 1 is 1.10 bits per heavy atom. The van der Waals surface area contributed by atoms with Crippen LogP contribution in [0.3, 0.4) is 0 Å². The van der Waals surface area contributed by atoms with Crippen molar-refractivity contribution >= 4 is 5.97 Å². The van der Waals surface area contributed by atoms with E-state index >= 15 is 0 Å². The number of phenols is 1. The number of methoxy groups -OCH3 is 1. The Morgan fingerprint density at radius 3 is 2.10 bits per heavy atom. The van der Waals surface area contributed by atoms with Gasteiger partial charge in [-0.25, -0.2) is 0 Å². The molecule has 3 heteroatoms. The van der Waals surface area contributed by atoms with Crippen LogP contribution in [0, 0.1) is 0 Å². The number of carbonyl (C=O) groups is 1. The standard InChI is InChI=1S/C18H28O3/c1-17(2,3)13-10-12(8-9-15(19)21-7)16(20)14(11-13)18(4,5)6/h10-11,20H,8-9H2,1-7H3. The lowest BCUT2D eigenvalue weighted by Gasteiger charge is -2.27. The number of ether oxygens (including phenoxy) is 1. The minimum atomic E-state index is -0.257. The van der Waals surface area contributed by atoms with Gasteiger partial charge in [-0.05, 0) is 33.9 Å². The van der Waals surface area contributed by atoms with Gasteiger partial charge in [-0.15, -0.1) is 0 Å². The van der Waals surface area contributed by atoms with Crippen molar-refractivity contribution in [3.63, 3.8) is 0 Å². The molecule has 1 rings (SSSR count). The van der Waals surface area contributed by atoms with E-state index in [0.717, 1.165) is 11.1 Å². The maximum Gasteiger partial charge on any atom is 0.305 e. The summed E-state index contributed by atoms with van der Waals surface area (Å²) in [6, 6.07) is 4.09. The molecular formula is C18H28O3. The molecule has 0 spiro atoms. The van der Waals surface area contributed by atoms with Gasteiger partial charge in [-0.3, -0.25) is 4.79 Å². The van der Waals surface area contributed by atoms with Crippen molar-refractivity contribution in [2.75, 3.05) is 7.11 Å². The summed E-state index contributed by atoms with van der Waals surface area (Å²) in [5.41, 5.74) is 2.76. The average molecular weight is 292 g/mol. The summed E-state index contributed by atoms with van der Waals surface area (Å²) >= 11 is 0. The lowest BCUT2D eigenvalue weighted by molar-refractivity contribution is -0.140. The van der Waals surface area contributed by atoms with Crippen molar-refractivity contribution in [1.82, 2.24) is 0 Å². The van der Waals surface area contributed by atoms with Crippen molar-refractivity contribution < 1.29 is 14.6 Å². The highest BCUT2D eigenvalue weighted by Gasteiger charge is 2.25. The number of aromatic hydroxyl groups is 1. The first-order chi connectivity index (χ1) is 9.46. The molecule has 3 nitrogen and oxygen atoms in total. The fourth-order valence-electron chi connectivity index (χ4n) is 2.23. The van der Waals surface area contributed by atoms with E-state index in [9.17, 15) is 9.90 Å². The van der Waals surface area contributed by atoms with Crippen molar-refractivity contribution in [1.29, 1.82) is 0 Å². The predicted octanol–water partition coefficient (Wildman–Crippen LogP) is 4.09. The number of aryl methyl sites for hydroxylation is 1. The van der Waals surface area contributed by atoms with Crippen LogP contribution in [0.15, 0.2) is 12.1 Å². The second kappa shape index (κ2) is 6.08. The van der Waals surface area contributed by atoms with Crippen molar-refractivity contribution in [3.05, 3.63) is 28.8 Å². The quantitative estimate of drug-likeness (QED) is 0.853. The minimum absolute atomic E-state index is 0.00623. The van der Waals surface area contributed by atoms with Crippen molar-refractivity contribution in [2.45, 2.75) is 65.2 Å². The number of esters is 1. The zero-order chi connectivity index (χ0) is 16.4. The maximum atomic E-state index is 11.4. The first-order valence-electron chi connectivity index (χ1n) is 7.40. The Morgan fingerprint density at radius 2 is 1.67 bits per heavy atom. The minimum Gasteiger partial charge on any atom is -0.507 e. The predicted molar refractivity (Wildman–Crippen MR) is 85.8 cm³/mol. The van der Waals surface area contributed by atoms with Gasteiger partial charge in [0.25, 0.3) is 0 Å². The Hall–Kier alpha value is -1.51. The number of benzene rings is 1. The molecule has 0 unspecified atom stereocenters. The zero-order valence-corrected chi connectivity index (χ0v) is 14.3. The van der Waals surface area contributed by atoms with E-state index in [2.05, 4.69) is 52.3 Å². The monoisotopic (exact) mass is 292 g/mol. The van der Waals surface area contributed by atoms with Gasteiger partial charge in [0.15, 0.2) is 0 Å². The second-order valence-corrected chi connectivity index (χ2v) is 7.61. The molecule has 0 amide bonds. The molecular weight excluding hydrogens is 264 g/mol. The summed E-state index contributed by atoms with van der Waals surface area (Å²) in [4.78, 5) is 11.4. The Kier molecular flexibility index (Phi) is 5.08. The number of rotatable bonds is 3. The summed E-state index contributed by atoms with van der Waals surface area (Å²) in [5.74, 6) is 0.0484. The summed E-state index contributed by atoms with van der Waals surface area (Å²) in [7, 11) is 1.38. The van der Waals surface area contributed by atoms with E-state index in [1.807, 2.05) is 6.07 Å².